The fraction of sp³-hybridized carbons (Fsp3) is 0.508. The standard InChI is InChI=1S/C61H72N6O21/c1-9-59(7,27-58(5,6)53(79)55(81)88-67-40(71)18-19-41(67)72)56(82)63-25-42(73)66-28-61(66,31-14-11-10-12-15-31)57(83)65-35(20-29(2)3)54(80)62-24-39(70)64-34-21-43(86-30(4)48(34)74)87-37-23-60(84,38(69)26-68)22-33-45(37)52(78)47-46(50(33)76)49(75)32-16-13-17-36(85-8)44(32)51(47)77/h10-17,29-30,34-35,37,43,48,68,74,76,78,84H,9,18-28H2,1-8H3,(H,62,80)(H,63,82)(H,64,70)(H,65,83)/t30?,34?,35?,37-,43?,48?,59?,60-,61?,66?/m0/s1. The van der Waals surface area contributed by atoms with E-state index in [0.29, 0.717) is 5.56 Å². The number of ketones is 4. The monoisotopic (exact) mass is 1220 g/mol. The maximum absolute atomic E-state index is 14.6. The number of phenolic OH excluding ortho intramolecular Hbond substituents is 2. The second-order valence-electron chi connectivity index (χ2n) is 24.2. The van der Waals surface area contributed by atoms with Crippen molar-refractivity contribution in [2.45, 2.75) is 148 Å². The Kier molecular flexibility index (Phi) is 18.8. The van der Waals surface area contributed by atoms with Gasteiger partial charge in [0.25, 0.3) is 17.7 Å². The molecule has 27 heteroatoms. The second kappa shape index (κ2) is 25.3. The molecule has 7 amide bonds. The number of aliphatic hydroxyl groups is 3. The van der Waals surface area contributed by atoms with Gasteiger partial charge in [0.1, 0.15) is 41.6 Å². The molecule has 0 radical (unpaired) electrons. The van der Waals surface area contributed by atoms with Gasteiger partial charge in [0.05, 0.1) is 61.7 Å². The number of aliphatic hydroxyl groups excluding tert-OH is 2. The van der Waals surface area contributed by atoms with E-state index in [1.165, 1.54) is 57.9 Å². The van der Waals surface area contributed by atoms with E-state index in [4.69, 9.17) is 19.0 Å². The van der Waals surface area contributed by atoms with Gasteiger partial charge in [-0.3, -0.25) is 52.7 Å². The number of methoxy groups -OCH3 is 1. The van der Waals surface area contributed by atoms with Gasteiger partial charge in [-0.15, -0.1) is 5.06 Å². The third kappa shape index (κ3) is 12.5. The molecular weight excluding hydrogens is 1150 g/mol. The number of ether oxygens (including phenoxy) is 3. The number of hydrogen-bond donors (Lipinski definition) is 9. The van der Waals surface area contributed by atoms with Crippen molar-refractivity contribution in [3.8, 4) is 17.2 Å². The Bertz CT molecular complexity index is 3390. The molecule has 5 aliphatic rings. The van der Waals surface area contributed by atoms with Crippen molar-refractivity contribution in [1.82, 2.24) is 31.2 Å². The lowest BCUT2D eigenvalue weighted by Gasteiger charge is -2.43. The summed E-state index contributed by atoms with van der Waals surface area (Å²) < 4.78 is 17.6. The molecule has 9 atom stereocenters. The zero-order valence-corrected chi connectivity index (χ0v) is 49.8. The van der Waals surface area contributed by atoms with Gasteiger partial charge >= 0.3 is 5.97 Å². The van der Waals surface area contributed by atoms with Gasteiger partial charge in [-0.25, -0.2) is 4.79 Å². The molecule has 7 unspecified atom stereocenters. The Balaban J connectivity index is 0.921. The number of nitrogens with zero attached hydrogens (tertiary/aromatic N) is 2. The highest BCUT2D eigenvalue weighted by Gasteiger charge is 2.62. The first-order valence-electron chi connectivity index (χ1n) is 28.8. The van der Waals surface area contributed by atoms with Crippen molar-refractivity contribution in [3.05, 3.63) is 87.5 Å². The Hall–Kier alpha value is -8.50. The Morgan fingerprint density at radius 1 is 0.864 bits per heavy atom. The molecule has 0 aromatic heterocycles. The number of phenols is 2. The average molecular weight is 1230 g/mol. The van der Waals surface area contributed by atoms with Gasteiger partial charge in [0.15, 0.2) is 23.4 Å². The summed E-state index contributed by atoms with van der Waals surface area (Å²) in [5.74, 6) is -12.6. The molecule has 0 bridgehead atoms. The highest BCUT2D eigenvalue weighted by atomic mass is 16.7. The number of aromatic hydroxyl groups is 2. The lowest BCUT2D eigenvalue weighted by Crippen LogP contribution is -2.57. The van der Waals surface area contributed by atoms with Crippen LogP contribution in [0.25, 0.3) is 0 Å². The van der Waals surface area contributed by atoms with Crippen LogP contribution in [0.4, 0.5) is 0 Å². The molecule has 2 aliphatic carbocycles. The van der Waals surface area contributed by atoms with E-state index in [9.17, 15) is 83.1 Å². The summed E-state index contributed by atoms with van der Waals surface area (Å²) in [6, 6.07) is 9.92. The van der Waals surface area contributed by atoms with E-state index in [2.05, 4.69) is 21.3 Å². The first-order chi connectivity index (χ1) is 41.4. The molecule has 3 heterocycles. The molecule has 0 saturated carbocycles. The summed E-state index contributed by atoms with van der Waals surface area (Å²) >= 11 is 0. The number of hydrogen-bond acceptors (Lipinski definition) is 21. The summed E-state index contributed by atoms with van der Waals surface area (Å²) in [6.07, 6.45) is -7.72. The summed E-state index contributed by atoms with van der Waals surface area (Å²) in [4.78, 5) is 168. The molecule has 0 spiro atoms. The molecule has 3 aromatic rings. The number of carbonyl (C=O) groups excluding carboxylic acids is 12. The van der Waals surface area contributed by atoms with Crippen molar-refractivity contribution in [2.24, 2.45) is 16.7 Å². The summed E-state index contributed by atoms with van der Waals surface area (Å²) in [6.45, 7) is 8.35. The SMILES string of the molecule is CCC(C)(CC(C)(C)C(=O)C(=O)ON1C(=O)CCC1=O)C(=O)NCC(=O)N1CC1(C(=O)NC(CC(C)C)C(=O)NCC(=O)NC1CC(O[C@H]2C[C@](O)(C(=O)CO)Cc3c(O)c4c(c(O)c32)C(=O)c2c(OC)cccc2C4=O)OC(C)C1O)c1ccccc1. The van der Waals surface area contributed by atoms with Crippen molar-refractivity contribution < 1.29 is 102 Å². The lowest BCUT2D eigenvalue weighted by atomic mass is 9.70. The normalized spacial score (nSPS) is 24.0. The lowest BCUT2D eigenvalue weighted by molar-refractivity contribution is -0.249. The van der Waals surface area contributed by atoms with Gasteiger partial charge in [0.2, 0.25) is 35.2 Å². The van der Waals surface area contributed by atoms with E-state index >= 15 is 0 Å². The minimum atomic E-state index is -2.46. The molecule has 88 heavy (non-hydrogen) atoms. The van der Waals surface area contributed by atoms with Gasteiger partial charge in [-0.05, 0) is 43.7 Å². The van der Waals surface area contributed by atoms with Crippen LogP contribution < -0.4 is 26.0 Å². The van der Waals surface area contributed by atoms with Gasteiger partial charge in [0, 0.05) is 59.6 Å². The molecule has 472 valence electrons. The number of hydroxylamine groups is 2. The first kappa shape index (κ1) is 65.5. The highest BCUT2D eigenvalue weighted by Crippen LogP contribution is 2.53. The van der Waals surface area contributed by atoms with Crippen molar-refractivity contribution in [3.63, 3.8) is 0 Å². The molecule has 3 aromatic carbocycles. The molecule has 3 aliphatic heterocycles. The number of nitrogens with one attached hydrogen (secondary N) is 4. The van der Waals surface area contributed by atoms with E-state index in [0.717, 1.165) is 0 Å². The number of carbonyl (C=O) groups is 12. The average Bonchev–Trinajstić information content (AvgIpc) is 2.02. The molecule has 3 saturated heterocycles. The summed E-state index contributed by atoms with van der Waals surface area (Å²) in [5, 5.41) is 67.4. The minimum absolute atomic E-state index is 0.000661. The van der Waals surface area contributed by atoms with Crippen molar-refractivity contribution in [1.29, 1.82) is 0 Å². The summed E-state index contributed by atoms with van der Waals surface area (Å²) in [7, 11) is 1.27. The number of rotatable bonds is 23. The smallest absolute Gasteiger partial charge is 0.399 e. The van der Waals surface area contributed by atoms with Crippen molar-refractivity contribution >= 4 is 70.5 Å². The van der Waals surface area contributed by atoms with Crippen LogP contribution in [0.2, 0.25) is 0 Å². The van der Waals surface area contributed by atoms with E-state index in [1.54, 1.807) is 51.1 Å². The Labute approximate surface area is 504 Å². The predicted molar refractivity (Wildman–Crippen MR) is 302 cm³/mol. The van der Waals surface area contributed by atoms with E-state index in [1.807, 2.05) is 0 Å². The highest BCUT2D eigenvalue weighted by molar-refractivity contribution is 6.36. The van der Waals surface area contributed by atoms with E-state index < -0.39 is 184 Å². The molecule has 8 rings (SSSR count). The summed E-state index contributed by atoms with van der Waals surface area (Å²) in [5.41, 5.74) is -8.83. The fourth-order valence-electron chi connectivity index (χ4n) is 12.1. The maximum atomic E-state index is 14.6. The second-order valence-corrected chi connectivity index (χ2v) is 24.2. The van der Waals surface area contributed by atoms with Crippen LogP contribution in [0.15, 0.2) is 48.5 Å². The van der Waals surface area contributed by atoms with Gasteiger partial charge in [-0.2, -0.15) is 0 Å². The number of imide groups is 1. The number of benzene rings is 3. The number of amides is 7. The van der Waals surface area contributed by atoms with Crippen LogP contribution in [0.1, 0.15) is 148 Å². The maximum Gasteiger partial charge on any atom is 0.399 e. The topological polar surface area (TPSA) is 397 Å². The largest absolute Gasteiger partial charge is 0.507 e. The quantitative estimate of drug-likeness (QED) is 0.0213. The Morgan fingerprint density at radius 2 is 1.52 bits per heavy atom. The van der Waals surface area contributed by atoms with Gasteiger partial charge < -0.3 is 70.7 Å². The third-order valence-electron chi connectivity index (χ3n) is 17.1. The number of fused-ring (bicyclic) bond motifs is 3. The van der Waals surface area contributed by atoms with Crippen LogP contribution in [-0.4, -0.2) is 175 Å². The zero-order valence-electron chi connectivity index (χ0n) is 49.8. The Morgan fingerprint density at radius 3 is 2.15 bits per heavy atom. The predicted octanol–water partition coefficient (Wildman–Crippen LogP) is 0.669. The van der Waals surface area contributed by atoms with Crippen LogP contribution in [0, 0.1) is 16.7 Å². The first-order valence-corrected chi connectivity index (χ1v) is 28.8. The van der Waals surface area contributed by atoms with Crippen LogP contribution in [0.5, 0.6) is 17.2 Å². The molecule has 27 nitrogen and oxygen atoms in total. The minimum Gasteiger partial charge on any atom is -0.507 e. The number of Topliss-reactive ketones (excluding diaryl/α,β-unsaturated/α-hetero) is 2. The van der Waals surface area contributed by atoms with E-state index in [-0.39, 0.29) is 84.1 Å². The molecule has 3 fully saturated rings. The van der Waals surface area contributed by atoms with Crippen LogP contribution in [-0.2, 0) is 74.2 Å². The molecular formula is C61H72N6O21. The zero-order chi connectivity index (χ0) is 64.7. The van der Waals surface area contributed by atoms with Crippen LogP contribution >= 0.6 is 0 Å². The molecule has 9 N–H and O–H groups in total. The fourth-order valence-corrected chi connectivity index (χ4v) is 12.1. The third-order valence-corrected chi connectivity index (χ3v) is 17.1. The van der Waals surface area contributed by atoms with Crippen LogP contribution in [0.3, 0.4) is 0 Å². The van der Waals surface area contributed by atoms with Crippen molar-refractivity contribution in [2.75, 3.05) is 33.4 Å². The van der Waals surface area contributed by atoms with Gasteiger partial charge in [-0.1, -0.05) is 84.0 Å².